The van der Waals surface area contributed by atoms with Crippen LogP contribution in [0.15, 0.2) is 0 Å². The van der Waals surface area contributed by atoms with Gasteiger partial charge in [0.15, 0.2) is 0 Å². The molecule has 0 N–H and O–H groups in total. The van der Waals surface area contributed by atoms with Crippen LogP contribution in [0.4, 0.5) is 4.79 Å². The molecule has 12 heavy (non-hydrogen) atoms. The average Bonchev–Trinajstić information content (AvgIpc) is 2.01. The molecule has 0 aromatic carbocycles. The molecular weight excluding hydrogens is 160 g/mol. The van der Waals surface area contributed by atoms with Gasteiger partial charge in [-0.25, -0.2) is 4.79 Å². The lowest BCUT2D eigenvalue weighted by Gasteiger charge is -2.07. The minimum absolute atomic E-state index is 0.243. The zero-order valence-electron chi connectivity index (χ0n) is 7.83. The van der Waals surface area contributed by atoms with Crippen LogP contribution in [0.2, 0.25) is 0 Å². The molecule has 0 fully saturated rings. The summed E-state index contributed by atoms with van der Waals surface area (Å²) in [5.74, 6) is 0.333. The van der Waals surface area contributed by atoms with E-state index in [1.807, 2.05) is 13.8 Å². The van der Waals surface area contributed by atoms with Crippen LogP contribution in [0.25, 0.3) is 0 Å². The van der Waals surface area contributed by atoms with Crippen LogP contribution in [0.5, 0.6) is 0 Å². The highest BCUT2D eigenvalue weighted by Crippen LogP contribution is 1.94. The Hall–Kier alpha value is -0.770. The fourth-order valence-electron chi connectivity index (χ4n) is 0.485. The Labute approximate surface area is 72.8 Å². The van der Waals surface area contributed by atoms with Crippen molar-refractivity contribution < 1.29 is 19.0 Å². The molecule has 0 aromatic heterocycles. The number of hydrogen-bond acceptors (Lipinski definition) is 4. The Bertz CT molecular complexity index is 122. The summed E-state index contributed by atoms with van der Waals surface area (Å²) in [5.41, 5.74) is 0. The van der Waals surface area contributed by atoms with Crippen molar-refractivity contribution in [3.05, 3.63) is 0 Å². The monoisotopic (exact) mass is 176 g/mol. The first kappa shape index (κ1) is 11.2. The van der Waals surface area contributed by atoms with E-state index in [9.17, 15) is 4.79 Å². The molecule has 0 aliphatic rings. The van der Waals surface area contributed by atoms with E-state index in [-0.39, 0.29) is 6.61 Å². The summed E-state index contributed by atoms with van der Waals surface area (Å²) in [5, 5.41) is 0. The van der Waals surface area contributed by atoms with Crippen LogP contribution in [0.3, 0.4) is 0 Å². The van der Waals surface area contributed by atoms with Crippen LogP contribution >= 0.6 is 0 Å². The van der Waals surface area contributed by atoms with E-state index in [4.69, 9.17) is 4.74 Å². The van der Waals surface area contributed by atoms with Crippen molar-refractivity contribution >= 4 is 6.16 Å². The minimum Gasteiger partial charge on any atom is -0.434 e. The van der Waals surface area contributed by atoms with E-state index < -0.39 is 6.16 Å². The van der Waals surface area contributed by atoms with E-state index in [1.54, 1.807) is 7.11 Å². The van der Waals surface area contributed by atoms with E-state index in [0.717, 1.165) is 0 Å². The summed E-state index contributed by atoms with van der Waals surface area (Å²) >= 11 is 0. The zero-order valence-corrected chi connectivity index (χ0v) is 7.83. The topological polar surface area (TPSA) is 44.8 Å². The molecule has 4 nitrogen and oxygen atoms in total. The van der Waals surface area contributed by atoms with Gasteiger partial charge in [-0.2, -0.15) is 0 Å². The van der Waals surface area contributed by atoms with Crippen LogP contribution in [-0.2, 0) is 14.2 Å². The lowest BCUT2D eigenvalue weighted by molar-refractivity contribution is 0.0308. The van der Waals surface area contributed by atoms with Crippen LogP contribution < -0.4 is 0 Å². The van der Waals surface area contributed by atoms with Crippen LogP contribution in [-0.4, -0.2) is 33.1 Å². The third kappa shape index (κ3) is 7.34. The molecule has 0 unspecified atom stereocenters. The lowest BCUT2D eigenvalue weighted by Crippen LogP contribution is -2.14. The number of carbonyl (C=O) groups excluding carboxylic acids is 1. The number of carbonyl (C=O) groups is 1. The highest BCUT2D eigenvalue weighted by molar-refractivity contribution is 5.59. The van der Waals surface area contributed by atoms with Gasteiger partial charge in [-0.05, 0) is 5.92 Å². The first-order valence-corrected chi connectivity index (χ1v) is 3.95. The maximum atomic E-state index is 10.7. The molecule has 0 rings (SSSR count). The number of rotatable bonds is 5. The molecule has 0 amide bonds. The first-order chi connectivity index (χ1) is 5.66. The van der Waals surface area contributed by atoms with Crippen molar-refractivity contribution in [1.29, 1.82) is 0 Å². The van der Waals surface area contributed by atoms with Gasteiger partial charge in [0.1, 0.15) is 6.61 Å². The van der Waals surface area contributed by atoms with Gasteiger partial charge in [-0.3, -0.25) is 0 Å². The normalized spacial score (nSPS) is 10.0. The van der Waals surface area contributed by atoms with E-state index in [0.29, 0.717) is 19.1 Å². The zero-order chi connectivity index (χ0) is 9.40. The predicted molar refractivity (Wildman–Crippen MR) is 44.0 cm³/mol. The third-order valence-electron chi connectivity index (χ3n) is 1.04. The van der Waals surface area contributed by atoms with Gasteiger partial charge in [0.05, 0.1) is 13.2 Å². The molecule has 0 aromatic rings. The summed E-state index contributed by atoms with van der Waals surface area (Å²) in [7, 11) is 1.54. The quantitative estimate of drug-likeness (QED) is 0.469. The number of ether oxygens (including phenoxy) is 3. The third-order valence-corrected chi connectivity index (χ3v) is 1.04. The van der Waals surface area contributed by atoms with E-state index >= 15 is 0 Å². The maximum absolute atomic E-state index is 10.7. The molecule has 4 heteroatoms. The van der Waals surface area contributed by atoms with E-state index in [2.05, 4.69) is 9.47 Å². The van der Waals surface area contributed by atoms with Crippen LogP contribution in [0, 0.1) is 5.92 Å². The summed E-state index contributed by atoms with van der Waals surface area (Å²) in [6, 6.07) is 0. The van der Waals surface area contributed by atoms with Crippen molar-refractivity contribution in [2.24, 2.45) is 5.92 Å². The van der Waals surface area contributed by atoms with Gasteiger partial charge in [0.2, 0.25) is 0 Å². The molecule has 0 radical (unpaired) electrons. The molecule has 0 heterocycles. The number of hydrogen-bond donors (Lipinski definition) is 0. The maximum Gasteiger partial charge on any atom is 0.508 e. The van der Waals surface area contributed by atoms with Gasteiger partial charge in [0, 0.05) is 7.11 Å². The second-order valence-corrected chi connectivity index (χ2v) is 2.80. The Kier molecular flexibility index (Phi) is 6.47. The van der Waals surface area contributed by atoms with Crippen LogP contribution in [0.1, 0.15) is 13.8 Å². The van der Waals surface area contributed by atoms with Crippen molar-refractivity contribution in [2.45, 2.75) is 13.8 Å². The smallest absolute Gasteiger partial charge is 0.434 e. The molecule has 0 spiro atoms. The molecule has 0 saturated carbocycles. The predicted octanol–water partition coefficient (Wildman–Crippen LogP) is 1.44. The molecular formula is C8H16O4. The molecule has 0 aliphatic carbocycles. The van der Waals surface area contributed by atoms with Gasteiger partial charge in [0.25, 0.3) is 0 Å². The minimum atomic E-state index is -0.624. The van der Waals surface area contributed by atoms with E-state index in [1.165, 1.54) is 0 Å². The molecule has 0 aliphatic heterocycles. The summed E-state index contributed by atoms with van der Waals surface area (Å²) in [6.45, 7) is 4.96. The molecule has 0 saturated heterocycles. The summed E-state index contributed by atoms with van der Waals surface area (Å²) in [6.07, 6.45) is -0.624. The van der Waals surface area contributed by atoms with Crippen molar-refractivity contribution in [1.82, 2.24) is 0 Å². The standard InChI is InChI=1S/C8H16O4/c1-7(2)6-12-8(9)11-5-4-10-3/h7H,4-6H2,1-3H3. The fraction of sp³-hybridized carbons (Fsp3) is 0.875. The highest BCUT2D eigenvalue weighted by atomic mass is 16.7. The van der Waals surface area contributed by atoms with Crippen molar-refractivity contribution in [3.63, 3.8) is 0 Å². The van der Waals surface area contributed by atoms with Gasteiger partial charge >= 0.3 is 6.16 Å². The van der Waals surface area contributed by atoms with Gasteiger partial charge in [-0.1, -0.05) is 13.8 Å². The fourth-order valence-corrected chi connectivity index (χ4v) is 0.485. The summed E-state index contributed by atoms with van der Waals surface area (Å²) in [4.78, 5) is 10.7. The van der Waals surface area contributed by atoms with Crippen molar-refractivity contribution in [3.8, 4) is 0 Å². The SMILES string of the molecule is COCCOC(=O)OCC(C)C. The Morgan fingerprint density at radius 3 is 2.42 bits per heavy atom. The van der Waals surface area contributed by atoms with Gasteiger partial charge < -0.3 is 14.2 Å². The number of methoxy groups -OCH3 is 1. The van der Waals surface area contributed by atoms with Gasteiger partial charge in [-0.15, -0.1) is 0 Å². The molecule has 72 valence electrons. The lowest BCUT2D eigenvalue weighted by atomic mass is 10.2. The van der Waals surface area contributed by atoms with Crippen molar-refractivity contribution in [2.75, 3.05) is 26.9 Å². The molecule has 0 atom stereocenters. The average molecular weight is 176 g/mol. The molecule has 0 bridgehead atoms. The first-order valence-electron chi connectivity index (χ1n) is 3.95. The second-order valence-electron chi connectivity index (χ2n) is 2.80. The summed E-state index contributed by atoms with van der Waals surface area (Å²) < 4.78 is 14.1. The highest BCUT2D eigenvalue weighted by Gasteiger charge is 2.03. The Morgan fingerprint density at radius 1 is 1.25 bits per heavy atom. The Balaban J connectivity index is 3.22. The largest absolute Gasteiger partial charge is 0.508 e. The second kappa shape index (κ2) is 6.91. The Morgan fingerprint density at radius 2 is 1.92 bits per heavy atom.